The van der Waals surface area contributed by atoms with Crippen molar-refractivity contribution in [3.8, 4) is 33.6 Å². The standard InChI is InChI=1S/C27H27N7O/c1-17(35)34-24-6-7-27(24)10-23(9-25(27)34)33-16-22(14-31-33)20-11-28-26(29-12-20)19-5-3-4-18(8-19)21-13-30-32(2)15-21/h3-5,8,11-16,23-25H,6-7,9-10H2,1-2H3/t23?,24-,25?,27?/m0/s1. The number of carbonyl (C=O) groups excluding carboxylic acids is 1. The lowest BCUT2D eigenvalue weighted by molar-refractivity contribution is -0.196. The highest BCUT2D eigenvalue weighted by atomic mass is 16.2. The van der Waals surface area contributed by atoms with Gasteiger partial charge in [-0.2, -0.15) is 10.2 Å². The molecule has 4 heterocycles. The highest BCUT2D eigenvalue weighted by Gasteiger charge is 2.70. The van der Waals surface area contributed by atoms with Crippen molar-refractivity contribution in [3.05, 3.63) is 61.4 Å². The van der Waals surface area contributed by atoms with Crippen LogP contribution in [0.2, 0.25) is 0 Å². The molecule has 2 aliphatic carbocycles. The molecule has 1 aromatic carbocycles. The van der Waals surface area contributed by atoms with E-state index in [0.717, 1.165) is 47.1 Å². The van der Waals surface area contributed by atoms with Gasteiger partial charge < -0.3 is 4.90 Å². The van der Waals surface area contributed by atoms with Crippen molar-refractivity contribution in [1.82, 2.24) is 34.4 Å². The van der Waals surface area contributed by atoms with Crippen LogP contribution in [-0.2, 0) is 11.8 Å². The van der Waals surface area contributed by atoms with Gasteiger partial charge in [-0.3, -0.25) is 14.2 Å². The van der Waals surface area contributed by atoms with Crippen LogP contribution in [0.1, 0.15) is 38.6 Å². The fourth-order valence-corrected chi connectivity index (χ4v) is 6.72. The molecule has 4 aromatic rings. The molecule has 8 heteroatoms. The van der Waals surface area contributed by atoms with Crippen LogP contribution in [0.3, 0.4) is 0 Å². The number of hydrogen-bond donors (Lipinski definition) is 0. The molecule has 8 nitrogen and oxygen atoms in total. The van der Waals surface area contributed by atoms with Crippen molar-refractivity contribution in [2.75, 3.05) is 0 Å². The lowest BCUT2D eigenvalue weighted by Gasteiger charge is -2.68. The van der Waals surface area contributed by atoms with Crippen molar-refractivity contribution < 1.29 is 4.79 Å². The largest absolute Gasteiger partial charge is 0.336 e. The molecule has 0 bridgehead atoms. The van der Waals surface area contributed by atoms with Crippen molar-refractivity contribution >= 4 is 5.91 Å². The average Bonchev–Trinajstić information content (AvgIpc) is 3.60. The Bertz CT molecular complexity index is 1440. The van der Waals surface area contributed by atoms with Crippen molar-refractivity contribution in [2.45, 2.75) is 50.7 Å². The zero-order valence-electron chi connectivity index (χ0n) is 19.9. The Balaban J connectivity index is 1.10. The fourth-order valence-electron chi connectivity index (χ4n) is 6.72. The van der Waals surface area contributed by atoms with Crippen LogP contribution in [0.4, 0.5) is 0 Å². The summed E-state index contributed by atoms with van der Waals surface area (Å²) >= 11 is 0. The van der Waals surface area contributed by atoms with Crippen LogP contribution in [-0.4, -0.2) is 52.4 Å². The van der Waals surface area contributed by atoms with E-state index in [4.69, 9.17) is 5.10 Å². The maximum atomic E-state index is 12.1. The maximum absolute atomic E-state index is 12.1. The van der Waals surface area contributed by atoms with Gasteiger partial charge in [-0.15, -0.1) is 0 Å². The molecule has 0 radical (unpaired) electrons. The molecular weight excluding hydrogens is 438 g/mol. The minimum atomic E-state index is 0.223. The number of amides is 1. The number of aromatic nitrogens is 6. The molecule has 1 amide bonds. The van der Waals surface area contributed by atoms with Crippen LogP contribution in [0.5, 0.6) is 0 Å². The summed E-state index contributed by atoms with van der Waals surface area (Å²) in [6, 6.07) is 9.40. The van der Waals surface area contributed by atoms with E-state index in [0.29, 0.717) is 29.4 Å². The van der Waals surface area contributed by atoms with Crippen molar-refractivity contribution in [2.24, 2.45) is 12.5 Å². The second-order valence-electron chi connectivity index (χ2n) is 10.3. The van der Waals surface area contributed by atoms with Gasteiger partial charge in [-0.25, -0.2) is 9.97 Å². The Morgan fingerprint density at radius 1 is 0.943 bits per heavy atom. The van der Waals surface area contributed by atoms with Gasteiger partial charge in [0.05, 0.1) is 18.4 Å². The van der Waals surface area contributed by atoms with E-state index < -0.39 is 0 Å². The van der Waals surface area contributed by atoms with Crippen molar-refractivity contribution in [3.63, 3.8) is 0 Å². The van der Waals surface area contributed by atoms with E-state index in [1.165, 1.54) is 6.42 Å². The third kappa shape index (κ3) is 3.02. The predicted octanol–water partition coefficient (Wildman–Crippen LogP) is 4.12. The minimum absolute atomic E-state index is 0.223. The average molecular weight is 466 g/mol. The van der Waals surface area contributed by atoms with Crippen LogP contribution in [0, 0.1) is 5.41 Å². The maximum Gasteiger partial charge on any atom is 0.219 e. The molecule has 1 aliphatic heterocycles. The summed E-state index contributed by atoms with van der Waals surface area (Å²) in [4.78, 5) is 23.5. The number of piperidine rings is 1. The Morgan fingerprint density at radius 3 is 2.43 bits per heavy atom. The quantitative estimate of drug-likeness (QED) is 0.453. The molecule has 4 atom stereocenters. The lowest BCUT2D eigenvalue weighted by Crippen LogP contribution is -2.75. The van der Waals surface area contributed by atoms with E-state index >= 15 is 0 Å². The summed E-state index contributed by atoms with van der Waals surface area (Å²) in [6.45, 7) is 1.71. The number of likely N-dealkylation sites (tertiary alicyclic amines) is 1. The topological polar surface area (TPSA) is 81.7 Å². The number of benzene rings is 1. The molecule has 3 unspecified atom stereocenters. The van der Waals surface area contributed by atoms with E-state index in [1.807, 2.05) is 50.2 Å². The first-order chi connectivity index (χ1) is 17.0. The van der Waals surface area contributed by atoms with Gasteiger partial charge >= 0.3 is 0 Å². The Labute approximate surface area is 203 Å². The minimum Gasteiger partial charge on any atom is -0.336 e. The summed E-state index contributed by atoms with van der Waals surface area (Å²) in [5.74, 6) is 0.916. The van der Waals surface area contributed by atoms with Gasteiger partial charge in [0.1, 0.15) is 0 Å². The highest BCUT2D eigenvalue weighted by Crippen LogP contribution is 2.67. The van der Waals surface area contributed by atoms with Gasteiger partial charge in [0.25, 0.3) is 0 Å². The third-order valence-electron chi connectivity index (χ3n) is 8.48. The molecule has 3 aliphatic rings. The number of carbonyl (C=O) groups is 1. The van der Waals surface area contributed by atoms with Crippen molar-refractivity contribution in [1.29, 1.82) is 0 Å². The van der Waals surface area contributed by atoms with Gasteiger partial charge in [-0.05, 0) is 37.3 Å². The lowest BCUT2D eigenvalue weighted by atomic mass is 9.53. The summed E-state index contributed by atoms with van der Waals surface area (Å²) < 4.78 is 3.90. The molecular formula is C27H27N7O. The van der Waals surface area contributed by atoms with E-state index in [1.54, 1.807) is 11.6 Å². The summed E-state index contributed by atoms with van der Waals surface area (Å²) in [7, 11) is 1.92. The Hall–Kier alpha value is -3.81. The predicted molar refractivity (Wildman–Crippen MR) is 131 cm³/mol. The first-order valence-corrected chi connectivity index (χ1v) is 12.3. The zero-order chi connectivity index (χ0) is 23.7. The number of hydrogen-bond acceptors (Lipinski definition) is 5. The molecule has 7 rings (SSSR count). The Kier molecular flexibility index (Phi) is 4.31. The first kappa shape index (κ1) is 20.6. The molecule has 0 N–H and O–H groups in total. The Morgan fingerprint density at radius 2 is 1.71 bits per heavy atom. The van der Waals surface area contributed by atoms with Crippen LogP contribution >= 0.6 is 0 Å². The van der Waals surface area contributed by atoms with Crippen LogP contribution in [0.15, 0.2) is 61.4 Å². The number of rotatable bonds is 4. The number of nitrogens with zero attached hydrogens (tertiary/aromatic N) is 7. The summed E-state index contributed by atoms with van der Waals surface area (Å²) in [6.07, 6.45) is 16.1. The molecule has 1 saturated heterocycles. The normalized spacial score (nSPS) is 26.6. The molecule has 3 aromatic heterocycles. The van der Waals surface area contributed by atoms with Gasteiger partial charge in [-0.1, -0.05) is 18.2 Å². The van der Waals surface area contributed by atoms with E-state index in [2.05, 4.69) is 43.0 Å². The molecule has 176 valence electrons. The number of aryl methyl sites for hydroxylation is 1. The molecule has 35 heavy (non-hydrogen) atoms. The SMILES string of the molecule is CC(=O)N1C2CC(n3cc(-c4cnc(-c5cccc(-c6cnn(C)c6)c5)nc4)cn3)CC23CC[C@H]13. The zero-order valence-corrected chi connectivity index (χ0v) is 19.9. The highest BCUT2D eigenvalue weighted by molar-refractivity contribution is 5.76. The van der Waals surface area contributed by atoms with Crippen LogP contribution in [0.25, 0.3) is 33.6 Å². The molecule has 3 fully saturated rings. The third-order valence-corrected chi connectivity index (χ3v) is 8.48. The monoisotopic (exact) mass is 465 g/mol. The van der Waals surface area contributed by atoms with Gasteiger partial charge in [0.2, 0.25) is 5.91 Å². The van der Waals surface area contributed by atoms with E-state index in [-0.39, 0.29) is 5.91 Å². The first-order valence-electron chi connectivity index (χ1n) is 12.3. The molecule has 1 spiro atoms. The fraction of sp³-hybridized carbons (Fsp3) is 0.370. The molecule has 2 saturated carbocycles. The van der Waals surface area contributed by atoms with Gasteiger partial charge in [0.15, 0.2) is 5.82 Å². The van der Waals surface area contributed by atoms with Gasteiger partial charge in [0, 0.05) is 78.5 Å². The summed E-state index contributed by atoms with van der Waals surface area (Å²) in [5.41, 5.74) is 5.45. The second kappa shape index (κ2) is 7.34. The van der Waals surface area contributed by atoms with Crippen LogP contribution < -0.4 is 0 Å². The summed E-state index contributed by atoms with van der Waals surface area (Å²) in [5, 5.41) is 8.96. The second-order valence-corrected chi connectivity index (χ2v) is 10.3. The smallest absolute Gasteiger partial charge is 0.219 e. The van der Waals surface area contributed by atoms with E-state index in [9.17, 15) is 4.79 Å².